The van der Waals surface area contributed by atoms with E-state index in [9.17, 15) is 0 Å². The maximum Gasteiger partial charge on any atom is 0.243 e. The highest BCUT2D eigenvalue weighted by Crippen LogP contribution is 2.32. The summed E-state index contributed by atoms with van der Waals surface area (Å²) in [6.07, 6.45) is 0. The molecule has 0 aliphatic rings. The quantitative estimate of drug-likeness (QED) is 0.815. The topological polar surface area (TPSA) is 60.6 Å². The van der Waals surface area contributed by atoms with Crippen molar-refractivity contribution in [2.75, 3.05) is 21.3 Å². The number of para-hydroxylation sites is 1. The van der Waals surface area contributed by atoms with Gasteiger partial charge >= 0.3 is 0 Å². The molecule has 2 aromatic rings. The molecule has 0 spiro atoms. The average Bonchev–Trinajstić information content (AvgIpc) is 2.92. The lowest BCUT2D eigenvalue weighted by molar-refractivity contribution is 0.200. The van der Waals surface area contributed by atoms with Gasteiger partial charge in [-0.25, -0.2) is 0 Å². The third-order valence-corrected chi connectivity index (χ3v) is 3.47. The van der Waals surface area contributed by atoms with Crippen LogP contribution in [0.5, 0.6) is 11.5 Å². The predicted molar refractivity (Wildman–Crippen MR) is 78.5 cm³/mol. The van der Waals surface area contributed by atoms with E-state index >= 15 is 0 Å². The van der Waals surface area contributed by atoms with E-state index in [1.54, 1.807) is 14.2 Å². The van der Waals surface area contributed by atoms with Crippen molar-refractivity contribution in [2.45, 2.75) is 26.4 Å². The highest BCUT2D eigenvalue weighted by atomic mass is 16.5. The van der Waals surface area contributed by atoms with Crippen molar-refractivity contribution >= 4 is 0 Å². The number of methoxy groups -OCH3 is 2. The van der Waals surface area contributed by atoms with E-state index in [0.29, 0.717) is 18.3 Å². The normalized spacial score (nSPS) is 12.5. The first-order chi connectivity index (χ1) is 10.1. The van der Waals surface area contributed by atoms with Crippen molar-refractivity contribution in [1.29, 1.82) is 0 Å². The summed E-state index contributed by atoms with van der Waals surface area (Å²) >= 11 is 0. The van der Waals surface area contributed by atoms with Gasteiger partial charge < -0.3 is 14.0 Å². The van der Waals surface area contributed by atoms with Gasteiger partial charge in [0.05, 0.1) is 20.3 Å². The summed E-state index contributed by atoms with van der Waals surface area (Å²) in [5.74, 6) is 2.73. The molecular weight excluding hydrogens is 270 g/mol. The Morgan fingerprint density at radius 3 is 2.62 bits per heavy atom. The predicted octanol–water partition coefficient (Wildman–Crippen LogP) is 2.59. The van der Waals surface area contributed by atoms with E-state index < -0.39 is 0 Å². The zero-order chi connectivity index (χ0) is 15.4. The fourth-order valence-corrected chi connectivity index (χ4v) is 2.16. The van der Waals surface area contributed by atoms with E-state index in [-0.39, 0.29) is 6.04 Å². The molecule has 0 N–H and O–H groups in total. The third-order valence-electron chi connectivity index (χ3n) is 3.47. The van der Waals surface area contributed by atoms with Gasteiger partial charge in [0.15, 0.2) is 17.3 Å². The minimum Gasteiger partial charge on any atom is -0.493 e. The Hall–Kier alpha value is -2.08. The van der Waals surface area contributed by atoms with Crippen LogP contribution < -0.4 is 9.47 Å². The van der Waals surface area contributed by atoms with Gasteiger partial charge in [0.2, 0.25) is 5.89 Å². The highest BCUT2D eigenvalue weighted by molar-refractivity contribution is 5.46. The number of aromatic nitrogens is 2. The second-order valence-corrected chi connectivity index (χ2v) is 4.92. The molecule has 114 valence electrons. The molecule has 2 rings (SSSR count). The molecular formula is C15H21N3O3. The molecule has 1 atom stereocenters. The van der Waals surface area contributed by atoms with Crippen LogP contribution >= 0.6 is 0 Å². The van der Waals surface area contributed by atoms with Crippen LogP contribution in [0.3, 0.4) is 0 Å². The lowest BCUT2D eigenvalue weighted by Crippen LogP contribution is -2.22. The molecule has 0 saturated carbocycles. The van der Waals surface area contributed by atoms with Gasteiger partial charge in [-0.1, -0.05) is 17.3 Å². The molecule has 1 aromatic heterocycles. The van der Waals surface area contributed by atoms with Crippen LogP contribution in [0.2, 0.25) is 0 Å². The Balaban J connectivity index is 2.17. The van der Waals surface area contributed by atoms with E-state index in [0.717, 1.165) is 17.1 Å². The molecule has 21 heavy (non-hydrogen) atoms. The summed E-state index contributed by atoms with van der Waals surface area (Å²) in [5.41, 5.74) is 1.04. The zero-order valence-corrected chi connectivity index (χ0v) is 13.1. The molecule has 1 heterocycles. The second-order valence-electron chi connectivity index (χ2n) is 4.92. The van der Waals surface area contributed by atoms with Crippen LogP contribution in [0.1, 0.15) is 30.2 Å². The highest BCUT2D eigenvalue weighted by Gasteiger charge is 2.20. The molecule has 0 fully saturated rings. The van der Waals surface area contributed by atoms with Crippen molar-refractivity contribution in [3.63, 3.8) is 0 Å². The fraction of sp³-hybridized carbons (Fsp3) is 0.467. The van der Waals surface area contributed by atoms with Crippen molar-refractivity contribution in [3.05, 3.63) is 35.5 Å². The number of benzene rings is 1. The molecule has 1 aromatic carbocycles. The summed E-state index contributed by atoms with van der Waals surface area (Å²) in [4.78, 5) is 6.39. The maximum absolute atomic E-state index is 5.45. The summed E-state index contributed by atoms with van der Waals surface area (Å²) < 4.78 is 16.0. The Bertz CT molecular complexity index is 598. The van der Waals surface area contributed by atoms with Crippen LogP contribution in [-0.2, 0) is 6.54 Å². The molecule has 0 bridgehead atoms. The number of hydrogen-bond donors (Lipinski definition) is 0. The third kappa shape index (κ3) is 3.33. The number of nitrogens with zero attached hydrogens (tertiary/aromatic N) is 3. The minimum absolute atomic E-state index is 0.0158. The monoisotopic (exact) mass is 291 g/mol. The fourth-order valence-electron chi connectivity index (χ4n) is 2.16. The SMILES string of the molecule is COc1cccc(CN(C)[C@H](C)c2nc(C)no2)c1OC. The first-order valence-electron chi connectivity index (χ1n) is 6.77. The van der Waals surface area contributed by atoms with Crippen molar-refractivity contribution in [2.24, 2.45) is 0 Å². The van der Waals surface area contributed by atoms with E-state index in [1.165, 1.54) is 0 Å². The molecule has 0 aliphatic heterocycles. The van der Waals surface area contributed by atoms with Crippen LogP contribution in [0, 0.1) is 6.92 Å². The van der Waals surface area contributed by atoms with Gasteiger partial charge in [-0.3, -0.25) is 4.90 Å². The summed E-state index contributed by atoms with van der Waals surface area (Å²) in [6.45, 7) is 4.52. The standard InChI is InChI=1S/C15H21N3O3/c1-10(15-16-11(2)17-21-15)18(3)9-12-7-6-8-13(19-4)14(12)20-5/h6-8,10H,9H2,1-5H3/t10-/m1/s1. The van der Waals surface area contributed by atoms with Crippen molar-refractivity contribution in [1.82, 2.24) is 15.0 Å². The Morgan fingerprint density at radius 1 is 1.29 bits per heavy atom. The molecule has 0 amide bonds. The first kappa shape index (κ1) is 15.3. The lowest BCUT2D eigenvalue weighted by Gasteiger charge is -2.23. The van der Waals surface area contributed by atoms with E-state index in [4.69, 9.17) is 14.0 Å². The Morgan fingerprint density at radius 2 is 2.05 bits per heavy atom. The zero-order valence-electron chi connectivity index (χ0n) is 13.1. The van der Waals surface area contributed by atoms with Gasteiger partial charge in [0.1, 0.15) is 0 Å². The van der Waals surface area contributed by atoms with Gasteiger partial charge in [0, 0.05) is 12.1 Å². The van der Waals surface area contributed by atoms with Crippen molar-refractivity contribution < 1.29 is 14.0 Å². The largest absolute Gasteiger partial charge is 0.493 e. The maximum atomic E-state index is 5.45. The van der Waals surface area contributed by atoms with Crippen LogP contribution in [-0.4, -0.2) is 36.3 Å². The number of aryl methyl sites for hydroxylation is 1. The smallest absolute Gasteiger partial charge is 0.243 e. The average molecular weight is 291 g/mol. The number of rotatable bonds is 6. The second kappa shape index (κ2) is 6.58. The lowest BCUT2D eigenvalue weighted by atomic mass is 10.1. The molecule has 6 nitrogen and oxygen atoms in total. The minimum atomic E-state index is 0.0158. The van der Waals surface area contributed by atoms with Crippen molar-refractivity contribution in [3.8, 4) is 11.5 Å². The van der Waals surface area contributed by atoms with Gasteiger partial charge in [-0.05, 0) is 27.0 Å². The van der Waals surface area contributed by atoms with Crippen LogP contribution in [0.4, 0.5) is 0 Å². The van der Waals surface area contributed by atoms with Gasteiger partial charge in [-0.15, -0.1) is 0 Å². The van der Waals surface area contributed by atoms with E-state index in [2.05, 4.69) is 15.0 Å². The molecule has 0 saturated heterocycles. The van der Waals surface area contributed by atoms with Gasteiger partial charge in [-0.2, -0.15) is 4.98 Å². The summed E-state index contributed by atoms with van der Waals surface area (Å²) in [5, 5.41) is 3.83. The summed E-state index contributed by atoms with van der Waals surface area (Å²) in [6, 6.07) is 5.87. The molecule has 0 unspecified atom stereocenters. The molecule has 0 radical (unpaired) electrons. The van der Waals surface area contributed by atoms with Gasteiger partial charge in [0.25, 0.3) is 0 Å². The van der Waals surface area contributed by atoms with Crippen LogP contribution in [0.15, 0.2) is 22.7 Å². The summed E-state index contributed by atoms with van der Waals surface area (Å²) in [7, 11) is 5.28. The number of ether oxygens (including phenoxy) is 2. The van der Waals surface area contributed by atoms with Crippen LogP contribution in [0.25, 0.3) is 0 Å². The Kier molecular flexibility index (Phi) is 4.80. The molecule has 0 aliphatic carbocycles. The molecule has 6 heteroatoms. The van der Waals surface area contributed by atoms with E-state index in [1.807, 2.05) is 39.1 Å². The first-order valence-corrected chi connectivity index (χ1v) is 6.77. The number of hydrogen-bond acceptors (Lipinski definition) is 6. The Labute approximate surface area is 124 Å².